The Morgan fingerprint density at radius 1 is 1.35 bits per heavy atom. The molecule has 0 radical (unpaired) electrons. The highest BCUT2D eigenvalue weighted by Gasteiger charge is 2.23. The van der Waals surface area contributed by atoms with E-state index in [0.29, 0.717) is 11.7 Å². The van der Waals surface area contributed by atoms with Gasteiger partial charge in [-0.1, -0.05) is 0 Å². The minimum Gasteiger partial charge on any atom is -0.325 e. The monoisotopic (exact) mass is 236 g/mol. The lowest BCUT2D eigenvalue weighted by Crippen LogP contribution is -2.47. The van der Waals surface area contributed by atoms with E-state index in [-0.39, 0.29) is 17.8 Å². The molecule has 4 heteroatoms. The number of hydrogen-bond acceptors (Lipinski definition) is 2. The van der Waals surface area contributed by atoms with Crippen LogP contribution in [0.5, 0.6) is 0 Å². The third-order valence-electron chi connectivity index (χ3n) is 3.04. The van der Waals surface area contributed by atoms with Crippen LogP contribution in [0.1, 0.15) is 26.2 Å². The molecule has 0 bridgehead atoms. The Hall–Kier alpha value is -1.42. The Bertz CT molecular complexity index is 391. The molecule has 0 aliphatic carbocycles. The van der Waals surface area contributed by atoms with E-state index in [9.17, 15) is 9.18 Å². The van der Waals surface area contributed by atoms with E-state index >= 15 is 0 Å². The van der Waals surface area contributed by atoms with Crippen LogP contribution in [0.15, 0.2) is 24.3 Å². The fraction of sp³-hybridized carbons (Fsp3) is 0.462. The maximum atomic E-state index is 12.7. The van der Waals surface area contributed by atoms with Crippen molar-refractivity contribution in [2.45, 2.75) is 38.3 Å². The zero-order valence-electron chi connectivity index (χ0n) is 9.87. The first-order chi connectivity index (χ1) is 8.15. The van der Waals surface area contributed by atoms with Gasteiger partial charge in [-0.25, -0.2) is 4.39 Å². The Kier molecular flexibility index (Phi) is 3.74. The molecule has 1 heterocycles. The zero-order valence-corrected chi connectivity index (χ0v) is 9.87. The second-order valence-electron chi connectivity index (χ2n) is 4.55. The first-order valence-corrected chi connectivity index (χ1v) is 5.97. The van der Waals surface area contributed by atoms with E-state index in [2.05, 4.69) is 17.6 Å². The number of rotatable bonds is 2. The van der Waals surface area contributed by atoms with Crippen molar-refractivity contribution in [1.29, 1.82) is 0 Å². The SMILES string of the molecule is CC1CCCC(C(=O)Nc2ccc(F)cc2)N1. The number of carbonyl (C=O) groups is 1. The molecule has 1 amide bonds. The van der Waals surface area contributed by atoms with Crippen molar-refractivity contribution in [3.8, 4) is 0 Å². The maximum Gasteiger partial charge on any atom is 0.241 e. The van der Waals surface area contributed by atoms with Crippen LogP contribution in [0.25, 0.3) is 0 Å². The number of hydrogen-bond donors (Lipinski definition) is 2. The lowest BCUT2D eigenvalue weighted by molar-refractivity contribution is -0.118. The summed E-state index contributed by atoms with van der Waals surface area (Å²) in [7, 11) is 0. The average molecular weight is 236 g/mol. The number of benzene rings is 1. The highest BCUT2D eigenvalue weighted by molar-refractivity contribution is 5.94. The first-order valence-electron chi connectivity index (χ1n) is 5.97. The second-order valence-corrected chi connectivity index (χ2v) is 4.55. The third kappa shape index (κ3) is 3.27. The van der Waals surface area contributed by atoms with Gasteiger partial charge >= 0.3 is 0 Å². The average Bonchev–Trinajstić information content (AvgIpc) is 2.32. The van der Waals surface area contributed by atoms with Crippen molar-refractivity contribution in [1.82, 2.24) is 5.32 Å². The van der Waals surface area contributed by atoms with Crippen LogP contribution in [0.2, 0.25) is 0 Å². The van der Waals surface area contributed by atoms with Crippen molar-refractivity contribution in [2.24, 2.45) is 0 Å². The molecule has 17 heavy (non-hydrogen) atoms. The number of amides is 1. The van der Waals surface area contributed by atoms with Gasteiger partial charge in [0, 0.05) is 11.7 Å². The van der Waals surface area contributed by atoms with Crippen molar-refractivity contribution in [3.05, 3.63) is 30.1 Å². The topological polar surface area (TPSA) is 41.1 Å². The van der Waals surface area contributed by atoms with E-state index in [1.165, 1.54) is 12.1 Å². The van der Waals surface area contributed by atoms with Gasteiger partial charge < -0.3 is 10.6 Å². The zero-order chi connectivity index (χ0) is 12.3. The third-order valence-corrected chi connectivity index (χ3v) is 3.04. The fourth-order valence-corrected chi connectivity index (χ4v) is 2.11. The summed E-state index contributed by atoms with van der Waals surface area (Å²) >= 11 is 0. The van der Waals surface area contributed by atoms with E-state index in [0.717, 1.165) is 19.3 Å². The molecule has 0 spiro atoms. The molecular formula is C13H17FN2O. The molecule has 1 aliphatic heterocycles. The minimum atomic E-state index is -0.299. The Balaban J connectivity index is 1.94. The number of halogens is 1. The van der Waals surface area contributed by atoms with E-state index < -0.39 is 0 Å². The highest BCUT2D eigenvalue weighted by atomic mass is 19.1. The summed E-state index contributed by atoms with van der Waals surface area (Å²) in [6.07, 6.45) is 3.04. The number of anilines is 1. The van der Waals surface area contributed by atoms with Crippen LogP contribution >= 0.6 is 0 Å². The molecular weight excluding hydrogens is 219 g/mol. The largest absolute Gasteiger partial charge is 0.325 e. The number of piperidine rings is 1. The summed E-state index contributed by atoms with van der Waals surface area (Å²) in [6.45, 7) is 2.08. The summed E-state index contributed by atoms with van der Waals surface area (Å²) in [4.78, 5) is 11.9. The smallest absolute Gasteiger partial charge is 0.241 e. The maximum absolute atomic E-state index is 12.7. The standard InChI is InChI=1S/C13H17FN2O/c1-9-3-2-4-12(15-9)13(17)16-11-7-5-10(14)6-8-11/h5-9,12,15H,2-4H2,1H3,(H,16,17). The molecule has 1 aromatic carbocycles. The molecule has 1 fully saturated rings. The minimum absolute atomic E-state index is 0.0387. The molecule has 3 nitrogen and oxygen atoms in total. The van der Waals surface area contributed by atoms with Gasteiger partial charge in [0.25, 0.3) is 0 Å². The van der Waals surface area contributed by atoms with Gasteiger partial charge in [0.15, 0.2) is 0 Å². The Labute approximate surface area is 100 Å². The van der Waals surface area contributed by atoms with Crippen LogP contribution in [0.4, 0.5) is 10.1 Å². The normalized spacial score (nSPS) is 24.4. The highest BCUT2D eigenvalue weighted by Crippen LogP contribution is 2.15. The predicted octanol–water partition coefficient (Wildman–Crippen LogP) is 2.29. The summed E-state index contributed by atoms with van der Waals surface area (Å²) < 4.78 is 12.7. The van der Waals surface area contributed by atoms with E-state index in [1.807, 2.05) is 0 Å². The van der Waals surface area contributed by atoms with Crippen LogP contribution in [-0.2, 0) is 4.79 Å². The first kappa shape index (κ1) is 12.0. The van der Waals surface area contributed by atoms with Crippen LogP contribution < -0.4 is 10.6 Å². The van der Waals surface area contributed by atoms with Crippen molar-refractivity contribution in [3.63, 3.8) is 0 Å². The van der Waals surface area contributed by atoms with Crippen molar-refractivity contribution >= 4 is 11.6 Å². The van der Waals surface area contributed by atoms with Gasteiger partial charge in [-0.3, -0.25) is 4.79 Å². The molecule has 0 aromatic heterocycles. The molecule has 0 saturated carbocycles. The summed E-state index contributed by atoms with van der Waals surface area (Å²) in [5.74, 6) is -0.337. The summed E-state index contributed by atoms with van der Waals surface area (Å²) in [5.41, 5.74) is 0.636. The van der Waals surface area contributed by atoms with Crippen LogP contribution in [-0.4, -0.2) is 18.0 Å². The van der Waals surface area contributed by atoms with E-state index in [4.69, 9.17) is 0 Å². The van der Waals surface area contributed by atoms with Crippen molar-refractivity contribution < 1.29 is 9.18 Å². The van der Waals surface area contributed by atoms with Gasteiger partial charge in [-0.15, -0.1) is 0 Å². The molecule has 2 atom stereocenters. The van der Waals surface area contributed by atoms with Gasteiger partial charge in [0.05, 0.1) is 6.04 Å². The van der Waals surface area contributed by atoms with E-state index in [1.54, 1.807) is 12.1 Å². The Morgan fingerprint density at radius 2 is 2.06 bits per heavy atom. The molecule has 1 aliphatic rings. The molecule has 2 N–H and O–H groups in total. The number of nitrogens with one attached hydrogen (secondary N) is 2. The fourth-order valence-electron chi connectivity index (χ4n) is 2.11. The summed E-state index contributed by atoms with van der Waals surface area (Å²) in [6, 6.07) is 6.06. The molecule has 2 rings (SSSR count). The predicted molar refractivity (Wildman–Crippen MR) is 65.3 cm³/mol. The van der Waals surface area contributed by atoms with Crippen LogP contribution in [0, 0.1) is 5.82 Å². The molecule has 92 valence electrons. The molecule has 1 saturated heterocycles. The second kappa shape index (κ2) is 5.27. The van der Waals surface area contributed by atoms with Gasteiger partial charge in [0.2, 0.25) is 5.91 Å². The quantitative estimate of drug-likeness (QED) is 0.827. The lowest BCUT2D eigenvalue weighted by Gasteiger charge is -2.27. The molecule has 1 aromatic rings. The van der Waals surface area contributed by atoms with Gasteiger partial charge in [0.1, 0.15) is 5.82 Å². The molecule has 2 unspecified atom stereocenters. The van der Waals surface area contributed by atoms with Gasteiger partial charge in [-0.05, 0) is 50.5 Å². The van der Waals surface area contributed by atoms with Crippen molar-refractivity contribution in [2.75, 3.05) is 5.32 Å². The van der Waals surface area contributed by atoms with Gasteiger partial charge in [-0.2, -0.15) is 0 Å². The summed E-state index contributed by atoms with van der Waals surface area (Å²) in [5, 5.41) is 6.05. The Morgan fingerprint density at radius 3 is 2.71 bits per heavy atom. The van der Waals surface area contributed by atoms with Crippen LogP contribution in [0.3, 0.4) is 0 Å². The lowest BCUT2D eigenvalue weighted by atomic mass is 9.99. The number of carbonyl (C=O) groups excluding carboxylic acids is 1.